The molecule has 0 aliphatic carbocycles. The van der Waals surface area contributed by atoms with Crippen molar-refractivity contribution >= 4 is 17.7 Å². The summed E-state index contributed by atoms with van der Waals surface area (Å²) in [6.07, 6.45) is 0.449. The van der Waals surface area contributed by atoms with Crippen molar-refractivity contribution in [1.29, 1.82) is 0 Å². The van der Waals surface area contributed by atoms with Crippen molar-refractivity contribution in [3.63, 3.8) is 0 Å². The van der Waals surface area contributed by atoms with Crippen LogP contribution in [0.4, 0.5) is 10.5 Å². The first kappa shape index (κ1) is 21.1. The van der Waals surface area contributed by atoms with E-state index < -0.39 is 11.7 Å². The van der Waals surface area contributed by atoms with Gasteiger partial charge in [-0.3, -0.25) is 15.0 Å². The molecule has 2 rings (SSSR count). The van der Waals surface area contributed by atoms with Gasteiger partial charge >= 0.3 is 6.09 Å². The maximum absolute atomic E-state index is 12.0. The SMILES string of the molecule is C[C@@H](CN1CCc2ccc(NC(=O)OC(C)(C)C)cc2C1)NC(=O)CNO. The van der Waals surface area contributed by atoms with Gasteiger partial charge in [-0.2, -0.15) is 5.48 Å². The second kappa shape index (κ2) is 9.16. The van der Waals surface area contributed by atoms with Crippen LogP contribution < -0.4 is 16.1 Å². The fourth-order valence-electron chi connectivity index (χ4n) is 3.10. The number of nitrogens with zero attached hydrogens (tertiary/aromatic N) is 1. The van der Waals surface area contributed by atoms with Crippen LogP contribution in [0.1, 0.15) is 38.8 Å². The summed E-state index contributed by atoms with van der Waals surface area (Å²) in [7, 11) is 0. The molecule has 2 amide bonds. The first-order chi connectivity index (χ1) is 12.7. The van der Waals surface area contributed by atoms with E-state index in [-0.39, 0.29) is 18.5 Å². The van der Waals surface area contributed by atoms with E-state index in [1.54, 1.807) is 0 Å². The lowest BCUT2D eigenvalue weighted by molar-refractivity contribution is -0.122. The Bertz CT molecular complexity index is 672. The molecule has 0 unspecified atom stereocenters. The van der Waals surface area contributed by atoms with Gasteiger partial charge < -0.3 is 15.3 Å². The molecule has 1 aliphatic rings. The van der Waals surface area contributed by atoms with Crippen LogP contribution in [0.5, 0.6) is 0 Å². The highest BCUT2D eigenvalue weighted by atomic mass is 16.6. The molecule has 1 aromatic rings. The second-order valence-electron chi connectivity index (χ2n) is 7.90. The Kier molecular flexibility index (Phi) is 7.18. The molecule has 8 heteroatoms. The molecule has 1 aliphatic heterocycles. The molecule has 0 fully saturated rings. The number of fused-ring (bicyclic) bond motifs is 1. The molecule has 150 valence electrons. The number of carbonyl (C=O) groups excluding carboxylic acids is 2. The zero-order valence-corrected chi connectivity index (χ0v) is 16.5. The van der Waals surface area contributed by atoms with Gasteiger partial charge in [0.05, 0.1) is 6.54 Å². The number of hydrogen-bond donors (Lipinski definition) is 4. The number of nitrogens with one attached hydrogen (secondary N) is 3. The monoisotopic (exact) mass is 378 g/mol. The number of rotatable bonds is 6. The second-order valence-corrected chi connectivity index (χ2v) is 7.90. The summed E-state index contributed by atoms with van der Waals surface area (Å²) in [6.45, 7) is 9.66. The molecule has 0 saturated carbocycles. The Morgan fingerprint density at radius 2 is 2.04 bits per heavy atom. The molecule has 4 N–H and O–H groups in total. The summed E-state index contributed by atoms with van der Waals surface area (Å²) in [4.78, 5) is 25.8. The van der Waals surface area contributed by atoms with Crippen LogP contribution in [0.25, 0.3) is 0 Å². The Morgan fingerprint density at radius 3 is 2.70 bits per heavy atom. The summed E-state index contributed by atoms with van der Waals surface area (Å²) in [5, 5.41) is 14.2. The van der Waals surface area contributed by atoms with Gasteiger partial charge in [0, 0.05) is 31.4 Å². The van der Waals surface area contributed by atoms with Crippen LogP contribution in [-0.4, -0.2) is 53.4 Å². The minimum atomic E-state index is -0.540. The van der Waals surface area contributed by atoms with Crippen LogP contribution in [0.15, 0.2) is 18.2 Å². The highest BCUT2D eigenvalue weighted by Gasteiger charge is 2.20. The average molecular weight is 378 g/mol. The molecule has 1 aromatic carbocycles. The minimum absolute atomic E-state index is 0.0320. The predicted octanol–water partition coefficient (Wildman–Crippen LogP) is 1.88. The van der Waals surface area contributed by atoms with E-state index >= 15 is 0 Å². The Labute approximate surface area is 160 Å². The third kappa shape index (κ3) is 7.16. The first-order valence-corrected chi connectivity index (χ1v) is 9.17. The zero-order chi connectivity index (χ0) is 20.0. The topological polar surface area (TPSA) is 103 Å². The number of hydroxylamine groups is 1. The standard InChI is InChI=1S/C19H30N4O4/c1-13(21-17(24)10-20-26)11-23-8-7-14-5-6-16(9-15(14)12-23)22-18(25)27-19(2,3)4/h5-6,9,13,20,26H,7-8,10-12H2,1-4H3,(H,21,24)(H,22,25)/t13-/m0/s1. The Balaban J connectivity index is 1.94. The Hall–Kier alpha value is -2.16. The molecule has 0 bridgehead atoms. The smallest absolute Gasteiger partial charge is 0.412 e. The summed E-state index contributed by atoms with van der Waals surface area (Å²) in [6, 6.07) is 5.88. The predicted molar refractivity (Wildman–Crippen MR) is 103 cm³/mol. The molecule has 1 heterocycles. The van der Waals surface area contributed by atoms with Crippen molar-refractivity contribution in [2.75, 3.05) is 25.0 Å². The van der Waals surface area contributed by atoms with E-state index in [2.05, 4.69) is 15.5 Å². The van der Waals surface area contributed by atoms with Gasteiger partial charge in [0.15, 0.2) is 0 Å². The van der Waals surface area contributed by atoms with E-state index in [1.165, 1.54) is 5.56 Å². The number of ether oxygens (including phenoxy) is 1. The summed E-state index contributed by atoms with van der Waals surface area (Å²) >= 11 is 0. The lowest BCUT2D eigenvalue weighted by atomic mass is 9.98. The first-order valence-electron chi connectivity index (χ1n) is 9.17. The van der Waals surface area contributed by atoms with Gasteiger partial charge in [-0.15, -0.1) is 0 Å². The maximum atomic E-state index is 12.0. The maximum Gasteiger partial charge on any atom is 0.412 e. The summed E-state index contributed by atoms with van der Waals surface area (Å²) in [5.41, 5.74) is 4.45. The molecule has 0 radical (unpaired) electrons. The van der Waals surface area contributed by atoms with Crippen molar-refractivity contribution in [3.05, 3.63) is 29.3 Å². The van der Waals surface area contributed by atoms with Crippen molar-refractivity contribution < 1.29 is 19.5 Å². The number of carbonyl (C=O) groups is 2. The van der Waals surface area contributed by atoms with Crippen molar-refractivity contribution in [2.24, 2.45) is 0 Å². The van der Waals surface area contributed by atoms with Crippen LogP contribution in [0.2, 0.25) is 0 Å². The fraction of sp³-hybridized carbons (Fsp3) is 0.579. The highest BCUT2D eigenvalue weighted by Crippen LogP contribution is 2.23. The molecule has 1 atom stereocenters. The van der Waals surface area contributed by atoms with Crippen molar-refractivity contribution in [3.8, 4) is 0 Å². The largest absolute Gasteiger partial charge is 0.444 e. The normalized spacial score (nSPS) is 15.6. The lowest BCUT2D eigenvalue weighted by Crippen LogP contribution is -2.45. The van der Waals surface area contributed by atoms with Gasteiger partial charge in [0.1, 0.15) is 5.60 Å². The van der Waals surface area contributed by atoms with Crippen molar-refractivity contribution in [2.45, 2.75) is 52.3 Å². The molecule has 0 saturated heterocycles. The van der Waals surface area contributed by atoms with E-state index in [0.29, 0.717) is 12.2 Å². The third-order valence-corrected chi connectivity index (χ3v) is 4.12. The van der Waals surface area contributed by atoms with Gasteiger partial charge in [0.25, 0.3) is 0 Å². The molecular weight excluding hydrogens is 348 g/mol. The zero-order valence-electron chi connectivity index (χ0n) is 16.5. The van der Waals surface area contributed by atoms with Crippen molar-refractivity contribution in [1.82, 2.24) is 15.7 Å². The average Bonchev–Trinajstić information content (AvgIpc) is 2.52. The van der Waals surface area contributed by atoms with Crippen LogP contribution >= 0.6 is 0 Å². The lowest BCUT2D eigenvalue weighted by Gasteiger charge is -2.31. The summed E-state index contributed by atoms with van der Waals surface area (Å²) in [5.74, 6) is -0.244. The van der Waals surface area contributed by atoms with Gasteiger partial charge in [-0.1, -0.05) is 6.07 Å². The third-order valence-electron chi connectivity index (χ3n) is 4.12. The van der Waals surface area contributed by atoms with E-state index in [1.807, 2.05) is 51.4 Å². The Morgan fingerprint density at radius 1 is 1.30 bits per heavy atom. The van der Waals surface area contributed by atoms with E-state index in [0.717, 1.165) is 25.1 Å². The minimum Gasteiger partial charge on any atom is -0.444 e. The number of amides is 2. The molecule has 0 aromatic heterocycles. The molecule has 8 nitrogen and oxygen atoms in total. The van der Waals surface area contributed by atoms with Gasteiger partial charge in [0.2, 0.25) is 5.91 Å². The molecule has 0 spiro atoms. The quantitative estimate of drug-likeness (QED) is 0.564. The van der Waals surface area contributed by atoms with Gasteiger partial charge in [-0.05, 0) is 57.4 Å². The number of benzene rings is 1. The van der Waals surface area contributed by atoms with Crippen LogP contribution in [0.3, 0.4) is 0 Å². The molecular formula is C19H30N4O4. The van der Waals surface area contributed by atoms with Crippen LogP contribution in [0, 0.1) is 0 Å². The highest BCUT2D eigenvalue weighted by molar-refractivity contribution is 5.85. The van der Waals surface area contributed by atoms with E-state index in [9.17, 15) is 9.59 Å². The van der Waals surface area contributed by atoms with Gasteiger partial charge in [-0.25, -0.2) is 4.79 Å². The fourth-order valence-corrected chi connectivity index (χ4v) is 3.10. The number of anilines is 1. The van der Waals surface area contributed by atoms with Crippen LogP contribution in [-0.2, 0) is 22.5 Å². The van der Waals surface area contributed by atoms with E-state index in [4.69, 9.17) is 9.94 Å². The molecule has 27 heavy (non-hydrogen) atoms. The number of hydrogen-bond acceptors (Lipinski definition) is 6. The summed E-state index contributed by atoms with van der Waals surface area (Å²) < 4.78 is 5.29.